The number of rotatable bonds is 5. The minimum absolute atomic E-state index is 0.599. The third-order valence-electron chi connectivity index (χ3n) is 2.55. The number of aromatic nitrogens is 2. The molecule has 0 unspecified atom stereocenters. The Morgan fingerprint density at radius 1 is 1.22 bits per heavy atom. The molecule has 1 N–H and O–H groups in total. The fraction of sp³-hybridized carbons (Fsp3) is 0.286. The lowest BCUT2D eigenvalue weighted by Crippen LogP contribution is -2.11. The minimum atomic E-state index is 0.599. The summed E-state index contributed by atoms with van der Waals surface area (Å²) in [6.45, 7) is 5.76. The molecule has 0 saturated heterocycles. The van der Waals surface area contributed by atoms with Gasteiger partial charge in [0.05, 0.1) is 5.69 Å². The van der Waals surface area contributed by atoms with E-state index in [2.05, 4.69) is 22.2 Å². The second-order valence-corrected chi connectivity index (χ2v) is 3.97. The Morgan fingerprint density at radius 3 is 2.89 bits per heavy atom. The van der Waals surface area contributed by atoms with E-state index in [9.17, 15) is 0 Å². The normalized spacial score (nSPS) is 10.3. The van der Waals surface area contributed by atoms with Crippen LogP contribution in [-0.2, 0) is 6.54 Å². The zero-order chi connectivity index (χ0) is 12.8. The summed E-state index contributed by atoms with van der Waals surface area (Å²) >= 11 is 0. The summed E-state index contributed by atoms with van der Waals surface area (Å²) in [5.74, 6) is 1.34. The largest absolute Gasteiger partial charge is 0.437 e. The second kappa shape index (κ2) is 6.12. The standard InChI is InChI=1S/C14H17N3O/c1-3-15-10-12-6-8-17-14(9-12)18-13-5-4-7-16-11(13)2/h4-9,15H,3,10H2,1-2H3. The van der Waals surface area contributed by atoms with E-state index in [0.29, 0.717) is 5.88 Å². The predicted molar refractivity (Wildman–Crippen MR) is 70.7 cm³/mol. The fourth-order valence-electron chi connectivity index (χ4n) is 1.58. The molecule has 0 amide bonds. The number of pyridine rings is 2. The van der Waals surface area contributed by atoms with E-state index in [1.807, 2.05) is 31.2 Å². The Labute approximate surface area is 107 Å². The topological polar surface area (TPSA) is 47.0 Å². The van der Waals surface area contributed by atoms with Gasteiger partial charge in [-0.15, -0.1) is 0 Å². The van der Waals surface area contributed by atoms with Gasteiger partial charge >= 0.3 is 0 Å². The molecule has 0 spiro atoms. The summed E-state index contributed by atoms with van der Waals surface area (Å²) in [4.78, 5) is 8.39. The molecule has 18 heavy (non-hydrogen) atoms. The van der Waals surface area contributed by atoms with Crippen molar-refractivity contribution >= 4 is 0 Å². The molecule has 0 saturated carbocycles. The van der Waals surface area contributed by atoms with Crippen LogP contribution < -0.4 is 10.1 Å². The molecular formula is C14H17N3O. The average Bonchev–Trinajstić information content (AvgIpc) is 2.40. The molecule has 4 heteroatoms. The van der Waals surface area contributed by atoms with Crippen LogP contribution in [0.3, 0.4) is 0 Å². The fourth-order valence-corrected chi connectivity index (χ4v) is 1.58. The SMILES string of the molecule is CCNCc1ccnc(Oc2cccnc2C)c1. The monoisotopic (exact) mass is 243 g/mol. The van der Waals surface area contributed by atoms with Crippen LogP contribution in [0.5, 0.6) is 11.6 Å². The number of aryl methyl sites for hydroxylation is 1. The Bertz CT molecular complexity index is 514. The molecule has 94 valence electrons. The first-order chi connectivity index (χ1) is 8.79. The van der Waals surface area contributed by atoms with Gasteiger partial charge in [-0.25, -0.2) is 4.98 Å². The third-order valence-corrected chi connectivity index (χ3v) is 2.55. The number of nitrogens with zero attached hydrogens (tertiary/aromatic N) is 2. The van der Waals surface area contributed by atoms with Crippen LogP contribution >= 0.6 is 0 Å². The van der Waals surface area contributed by atoms with Crippen LogP contribution in [0.4, 0.5) is 0 Å². The summed E-state index contributed by atoms with van der Waals surface area (Å²) in [5, 5.41) is 3.27. The molecule has 0 radical (unpaired) electrons. The Kier molecular flexibility index (Phi) is 4.25. The molecule has 2 heterocycles. The quantitative estimate of drug-likeness (QED) is 0.877. The lowest BCUT2D eigenvalue weighted by molar-refractivity contribution is 0.455. The van der Waals surface area contributed by atoms with E-state index in [0.717, 1.165) is 30.1 Å². The van der Waals surface area contributed by atoms with Crippen molar-refractivity contribution in [3.05, 3.63) is 47.9 Å². The van der Waals surface area contributed by atoms with Crippen LogP contribution in [0.1, 0.15) is 18.2 Å². The van der Waals surface area contributed by atoms with Crippen molar-refractivity contribution in [2.75, 3.05) is 6.54 Å². The maximum absolute atomic E-state index is 5.73. The molecule has 0 aromatic carbocycles. The van der Waals surface area contributed by atoms with E-state index in [1.54, 1.807) is 12.4 Å². The Balaban J connectivity index is 2.12. The Hall–Kier alpha value is -1.94. The number of hydrogen-bond donors (Lipinski definition) is 1. The van der Waals surface area contributed by atoms with Gasteiger partial charge < -0.3 is 10.1 Å². The number of hydrogen-bond acceptors (Lipinski definition) is 4. The molecule has 0 aliphatic carbocycles. The maximum Gasteiger partial charge on any atom is 0.219 e. The highest BCUT2D eigenvalue weighted by Crippen LogP contribution is 2.21. The van der Waals surface area contributed by atoms with Gasteiger partial charge in [0.15, 0.2) is 5.75 Å². The third kappa shape index (κ3) is 3.28. The van der Waals surface area contributed by atoms with E-state index in [4.69, 9.17) is 4.74 Å². The van der Waals surface area contributed by atoms with E-state index < -0.39 is 0 Å². The van der Waals surface area contributed by atoms with Crippen molar-refractivity contribution < 1.29 is 4.74 Å². The van der Waals surface area contributed by atoms with Gasteiger partial charge in [-0.2, -0.15) is 0 Å². The van der Waals surface area contributed by atoms with Crippen molar-refractivity contribution in [2.45, 2.75) is 20.4 Å². The van der Waals surface area contributed by atoms with E-state index in [-0.39, 0.29) is 0 Å². The molecule has 0 aliphatic rings. The number of nitrogens with one attached hydrogen (secondary N) is 1. The highest BCUT2D eigenvalue weighted by atomic mass is 16.5. The Morgan fingerprint density at radius 2 is 2.11 bits per heavy atom. The van der Waals surface area contributed by atoms with Crippen molar-refractivity contribution in [2.24, 2.45) is 0 Å². The summed E-state index contributed by atoms with van der Waals surface area (Å²) in [6, 6.07) is 7.66. The van der Waals surface area contributed by atoms with Crippen LogP contribution in [0.25, 0.3) is 0 Å². The summed E-state index contributed by atoms with van der Waals surface area (Å²) < 4.78 is 5.73. The van der Waals surface area contributed by atoms with E-state index >= 15 is 0 Å². The first kappa shape index (κ1) is 12.5. The van der Waals surface area contributed by atoms with Gasteiger partial charge in [0.2, 0.25) is 5.88 Å². The predicted octanol–water partition coefficient (Wildman–Crippen LogP) is 2.69. The van der Waals surface area contributed by atoms with Crippen molar-refractivity contribution in [1.29, 1.82) is 0 Å². The lowest BCUT2D eigenvalue weighted by atomic mass is 10.2. The van der Waals surface area contributed by atoms with Gasteiger partial charge in [0.25, 0.3) is 0 Å². The zero-order valence-electron chi connectivity index (χ0n) is 10.7. The second-order valence-electron chi connectivity index (χ2n) is 3.97. The van der Waals surface area contributed by atoms with Crippen molar-refractivity contribution in [3.63, 3.8) is 0 Å². The van der Waals surface area contributed by atoms with Gasteiger partial charge in [0.1, 0.15) is 0 Å². The molecule has 4 nitrogen and oxygen atoms in total. The smallest absolute Gasteiger partial charge is 0.219 e. The highest BCUT2D eigenvalue weighted by molar-refractivity contribution is 5.31. The van der Waals surface area contributed by atoms with E-state index in [1.165, 1.54) is 0 Å². The molecule has 2 aromatic heterocycles. The van der Waals surface area contributed by atoms with Crippen LogP contribution in [0.2, 0.25) is 0 Å². The summed E-state index contributed by atoms with van der Waals surface area (Å²) in [7, 11) is 0. The maximum atomic E-state index is 5.73. The number of ether oxygens (including phenoxy) is 1. The first-order valence-corrected chi connectivity index (χ1v) is 6.04. The van der Waals surface area contributed by atoms with Gasteiger partial charge in [-0.3, -0.25) is 4.98 Å². The molecule has 0 aliphatic heterocycles. The van der Waals surface area contributed by atoms with Gasteiger partial charge in [-0.05, 0) is 37.2 Å². The van der Waals surface area contributed by atoms with Crippen molar-refractivity contribution in [3.8, 4) is 11.6 Å². The average molecular weight is 243 g/mol. The van der Waals surface area contributed by atoms with Crippen molar-refractivity contribution in [1.82, 2.24) is 15.3 Å². The molecule has 0 atom stereocenters. The highest BCUT2D eigenvalue weighted by Gasteiger charge is 2.03. The molecular weight excluding hydrogens is 226 g/mol. The van der Waals surface area contributed by atoms with Gasteiger partial charge in [0, 0.05) is 25.0 Å². The van der Waals surface area contributed by atoms with Crippen LogP contribution in [-0.4, -0.2) is 16.5 Å². The molecule has 2 rings (SSSR count). The first-order valence-electron chi connectivity index (χ1n) is 6.04. The molecule has 2 aromatic rings. The zero-order valence-corrected chi connectivity index (χ0v) is 10.7. The summed E-state index contributed by atoms with van der Waals surface area (Å²) in [6.07, 6.45) is 3.50. The van der Waals surface area contributed by atoms with Crippen LogP contribution in [0.15, 0.2) is 36.7 Å². The lowest BCUT2D eigenvalue weighted by Gasteiger charge is -2.08. The molecule has 0 bridgehead atoms. The van der Waals surface area contributed by atoms with Gasteiger partial charge in [-0.1, -0.05) is 6.92 Å². The van der Waals surface area contributed by atoms with Crippen LogP contribution in [0, 0.1) is 6.92 Å². The molecule has 0 fully saturated rings. The minimum Gasteiger partial charge on any atom is -0.437 e. The summed E-state index contributed by atoms with van der Waals surface area (Å²) in [5.41, 5.74) is 2.01.